The number of nitrogens with zero attached hydrogens (tertiary/aromatic N) is 2. The van der Waals surface area contributed by atoms with Crippen LogP contribution in [0.4, 0.5) is 0 Å². The molecule has 134 valence electrons. The average Bonchev–Trinajstić information content (AvgIpc) is 3.16. The van der Waals surface area contributed by atoms with Crippen molar-refractivity contribution in [2.75, 3.05) is 7.11 Å². The number of methoxy groups -OCH3 is 1. The molecule has 0 saturated carbocycles. The molecule has 5 nitrogen and oxygen atoms in total. The Labute approximate surface area is 159 Å². The van der Waals surface area contributed by atoms with Crippen LogP contribution in [0.25, 0.3) is 20.7 Å². The molecule has 0 fully saturated rings. The van der Waals surface area contributed by atoms with Crippen molar-refractivity contribution < 1.29 is 9.53 Å². The molecule has 4 rings (SSSR count). The predicted molar refractivity (Wildman–Crippen MR) is 106 cm³/mol. The van der Waals surface area contributed by atoms with Gasteiger partial charge in [-0.3, -0.25) is 9.36 Å². The van der Waals surface area contributed by atoms with E-state index < -0.39 is 0 Å². The number of fused-ring (bicyclic) bond motifs is 1. The van der Waals surface area contributed by atoms with Gasteiger partial charge in [-0.2, -0.15) is 0 Å². The van der Waals surface area contributed by atoms with Gasteiger partial charge in [0, 0.05) is 4.88 Å². The zero-order valence-electron chi connectivity index (χ0n) is 14.6. The standard InChI is InChI=1S/C21H16N2O3S/c1-26-21(25)16-9-7-14(8-10-16)12-23-13-22-17-11-18(27-19(17)20(23)24)15-5-3-2-4-6-15/h2-11,13H,12H2,1H3. The third kappa shape index (κ3) is 3.39. The Kier molecular flexibility index (Phi) is 4.56. The Balaban J connectivity index is 1.66. The first-order valence-electron chi connectivity index (χ1n) is 8.37. The number of carbonyl (C=O) groups excluding carboxylic acids is 1. The van der Waals surface area contributed by atoms with Crippen LogP contribution in [-0.4, -0.2) is 22.6 Å². The molecule has 0 aliphatic carbocycles. The summed E-state index contributed by atoms with van der Waals surface area (Å²) in [6.45, 7) is 0.391. The Morgan fingerprint density at radius 3 is 2.56 bits per heavy atom. The lowest BCUT2D eigenvalue weighted by Crippen LogP contribution is -2.20. The van der Waals surface area contributed by atoms with Gasteiger partial charge in [-0.05, 0) is 29.3 Å². The molecule has 0 bridgehead atoms. The largest absolute Gasteiger partial charge is 0.465 e. The van der Waals surface area contributed by atoms with Crippen molar-refractivity contribution in [3.05, 3.63) is 88.5 Å². The monoisotopic (exact) mass is 376 g/mol. The van der Waals surface area contributed by atoms with Gasteiger partial charge in [0.05, 0.1) is 31.1 Å². The highest BCUT2D eigenvalue weighted by Gasteiger charge is 2.11. The fraction of sp³-hybridized carbons (Fsp3) is 0.0952. The van der Waals surface area contributed by atoms with Crippen molar-refractivity contribution in [1.29, 1.82) is 0 Å². The molecule has 4 aromatic rings. The summed E-state index contributed by atoms with van der Waals surface area (Å²) < 4.78 is 6.92. The van der Waals surface area contributed by atoms with E-state index in [1.807, 2.05) is 48.5 Å². The van der Waals surface area contributed by atoms with E-state index in [1.54, 1.807) is 23.0 Å². The maximum atomic E-state index is 12.9. The summed E-state index contributed by atoms with van der Waals surface area (Å²) in [7, 11) is 1.35. The lowest BCUT2D eigenvalue weighted by Gasteiger charge is -2.06. The first-order chi connectivity index (χ1) is 13.2. The molecule has 2 heterocycles. The maximum absolute atomic E-state index is 12.9. The summed E-state index contributed by atoms with van der Waals surface area (Å²) in [4.78, 5) is 29.8. The fourth-order valence-electron chi connectivity index (χ4n) is 2.86. The van der Waals surface area contributed by atoms with E-state index in [0.717, 1.165) is 16.0 Å². The molecule has 2 aromatic carbocycles. The molecular formula is C21H16N2O3S. The van der Waals surface area contributed by atoms with E-state index in [1.165, 1.54) is 18.4 Å². The Morgan fingerprint density at radius 2 is 1.85 bits per heavy atom. The fourth-order valence-corrected chi connectivity index (χ4v) is 3.93. The van der Waals surface area contributed by atoms with Crippen LogP contribution < -0.4 is 5.56 Å². The SMILES string of the molecule is COC(=O)c1ccc(Cn2cnc3cc(-c4ccccc4)sc3c2=O)cc1. The van der Waals surface area contributed by atoms with E-state index in [-0.39, 0.29) is 11.5 Å². The Hall–Kier alpha value is -3.25. The van der Waals surface area contributed by atoms with Crippen LogP contribution >= 0.6 is 11.3 Å². The van der Waals surface area contributed by atoms with Gasteiger partial charge >= 0.3 is 5.97 Å². The lowest BCUT2D eigenvalue weighted by molar-refractivity contribution is 0.0600. The quantitative estimate of drug-likeness (QED) is 0.506. The average molecular weight is 376 g/mol. The van der Waals surface area contributed by atoms with Crippen molar-refractivity contribution in [2.24, 2.45) is 0 Å². The molecule has 0 N–H and O–H groups in total. The van der Waals surface area contributed by atoms with Gasteiger partial charge in [0.25, 0.3) is 5.56 Å². The number of hydrogen-bond acceptors (Lipinski definition) is 5. The second-order valence-corrected chi connectivity index (χ2v) is 7.11. The Bertz CT molecular complexity index is 1160. The summed E-state index contributed by atoms with van der Waals surface area (Å²) >= 11 is 1.45. The van der Waals surface area contributed by atoms with Crippen LogP contribution in [0.15, 0.2) is 71.8 Å². The molecule has 6 heteroatoms. The number of rotatable bonds is 4. The number of benzene rings is 2. The molecular weight excluding hydrogens is 360 g/mol. The zero-order chi connectivity index (χ0) is 18.8. The zero-order valence-corrected chi connectivity index (χ0v) is 15.4. The summed E-state index contributed by atoms with van der Waals surface area (Å²) in [5.74, 6) is -0.381. The molecule has 0 aliphatic heterocycles. The molecule has 0 aliphatic rings. The van der Waals surface area contributed by atoms with Crippen molar-refractivity contribution in [3.63, 3.8) is 0 Å². The van der Waals surface area contributed by atoms with E-state index in [4.69, 9.17) is 4.74 Å². The minimum Gasteiger partial charge on any atom is -0.465 e. The van der Waals surface area contributed by atoms with Gasteiger partial charge < -0.3 is 4.74 Å². The second-order valence-electron chi connectivity index (χ2n) is 6.06. The summed E-state index contributed by atoms with van der Waals surface area (Å²) in [5.41, 5.74) is 3.11. The molecule has 0 radical (unpaired) electrons. The summed E-state index contributed by atoms with van der Waals surface area (Å²) in [6, 6.07) is 18.9. The van der Waals surface area contributed by atoms with Gasteiger partial charge in [0.2, 0.25) is 0 Å². The first kappa shape index (κ1) is 17.2. The van der Waals surface area contributed by atoms with E-state index in [2.05, 4.69) is 4.98 Å². The highest BCUT2D eigenvalue weighted by Crippen LogP contribution is 2.30. The molecule has 0 atom stereocenters. The van der Waals surface area contributed by atoms with Crippen LogP contribution in [-0.2, 0) is 11.3 Å². The smallest absolute Gasteiger partial charge is 0.337 e. The number of esters is 1. The maximum Gasteiger partial charge on any atom is 0.337 e. The van der Waals surface area contributed by atoms with E-state index >= 15 is 0 Å². The number of ether oxygens (including phenoxy) is 1. The van der Waals surface area contributed by atoms with Crippen molar-refractivity contribution in [3.8, 4) is 10.4 Å². The highest BCUT2D eigenvalue weighted by molar-refractivity contribution is 7.22. The van der Waals surface area contributed by atoms with Crippen LogP contribution in [0.5, 0.6) is 0 Å². The molecule has 0 unspecified atom stereocenters. The lowest BCUT2D eigenvalue weighted by atomic mass is 10.1. The van der Waals surface area contributed by atoms with Gasteiger partial charge in [0.1, 0.15) is 4.70 Å². The molecule has 0 saturated heterocycles. The second kappa shape index (κ2) is 7.17. The van der Waals surface area contributed by atoms with Gasteiger partial charge in [-0.25, -0.2) is 9.78 Å². The Morgan fingerprint density at radius 1 is 1.11 bits per heavy atom. The molecule has 0 amide bonds. The van der Waals surface area contributed by atoms with Crippen LogP contribution in [0.1, 0.15) is 15.9 Å². The molecule has 27 heavy (non-hydrogen) atoms. The van der Waals surface area contributed by atoms with E-state index in [0.29, 0.717) is 22.3 Å². The normalized spacial score (nSPS) is 10.9. The van der Waals surface area contributed by atoms with E-state index in [9.17, 15) is 9.59 Å². The van der Waals surface area contributed by atoms with Gasteiger partial charge in [-0.15, -0.1) is 11.3 Å². The summed E-state index contributed by atoms with van der Waals surface area (Å²) in [5, 5.41) is 0. The van der Waals surface area contributed by atoms with Gasteiger partial charge in [-0.1, -0.05) is 42.5 Å². The minimum atomic E-state index is -0.381. The van der Waals surface area contributed by atoms with Crippen LogP contribution in [0, 0.1) is 0 Å². The van der Waals surface area contributed by atoms with Gasteiger partial charge in [0.15, 0.2) is 0 Å². The van der Waals surface area contributed by atoms with Crippen LogP contribution in [0.3, 0.4) is 0 Å². The molecule has 2 aromatic heterocycles. The topological polar surface area (TPSA) is 61.2 Å². The number of hydrogen-bond donors (Lipinski definition) is 0. The predicted octanol–water partition coefficient (Wildman–Crippen LogP) is 3.96. The first-order valence-corrected chi connectivity index (χ1v) is 9.19. The number of carbonyl (C=O) groups is 1. The third-order valence-corrected chi connectivity index (χ3v) is 5.45. The number of thiophene rings is 1. The highest BCUT2D eigenvalue weighted by atomic mass is 32.1. The van der Waals surface area contributed by atoms with Crippen LogP contribution in [0.2, 0.25) is 0 Å². The third-order valence-electron chi connectivity index (χ3n) is 4.29. The molecule has 0 spiro atoms. The van der Waals surface area contributed by atoms with Crippen molar-refractivity contribution in [2.45, 2.75) is 6.54 Å². The summed E-state index contributed by atoms with van der Waals surface area (Å²) in [6.07, 6.45) is 1.57. The number of aromatic nitrogens is 2. The minimum absolute atomic E-state index is 0.0655. The van der Waals surface area contributed by atoms with Crippen molar-refractivity contribution in [1.82, 2.24) is 9.55 Å². The van der Waals surface area contributed by atoms with Crippen molar-refractivity contribution >= 4 is 27.5 Å².